The largest absolute Gasteiger partial charge is 0.398 e. The smallest absolute Gasteiger partial charge is 0.362 e. The lowest BCUT2D eigenvalue weighted by molar-refractivity contribution is -0.165. The highest BCUT2D eigenvalue weighted by molar-refractivity contribution is 7.84. The monoisotopic (exact) mass is 449 g/mol. The number of carbonyl (C=O) groups is 2. The van der Waals surface area contributed by atoms with E-state index in [1.54, 1.807) is 13.8 Å². The summed E-state index contributed by atoms with van der Waals surface area (Å²) in [5, 5.41) is 7.64. The summed E-state index contributed by atoms with van der Waals surface area (Å²) in [6.45, 7) is 3.16. The van der Waals surface area contributed by atoms with Crippen LogP contribution in [0.1, 0.15) is 19.5 Å². The number of β-lactam (4-membered cyclic amide) rings is 1. The standard InChI is InChI=1S/C14H19N5O8S2/c1-14(2)26-4-7(27-14)10-9(12(21)19(10)29(22,23)24)17-11(20)8(18-25-3)6-5-28-13(15)16-6/h5,7,9-10H,4H2,1-3H3,(H2,15,16)(H,17,20)(H,22,23,24)/b18-8-/t7-,9+,10-/m1/s1. The summed E-state index contributed by atoms with van der Waals surface area (Å²) in [7, 11) is -3.66. The lowest BCUT2D eigenvalue weighted by Gasteiger charge is -2.46. The molecule has 1 aromatic rings. The molecule has 0 saturated carbocycles. The molecule has 0 spiro atoms. The Hall–Kier alpha value is -2.33. The number of amides is 2. The maximum atomic E-state index is 12.7. The predicted molar refractivity (Wildman–Crippen MR) is 99.1 cm³/mol. The van der Waals surface area contributed by atoms with Crippen molar-refractivity contribution in [3.05, 3.63) is 11.1 Å². The lowest BCUT2D eigenvalue weighted by atomic mass is 9.93. The van der Waals surface area contributed by atoms with Crippen molar-refractivity contribution in [1.82, 2.24) is 14.6 Å². The van der Waals surface area contributed by atoms with Crippen LogP contribution in [0.4, 0.5) is 5.13 Å². The summed E-state index contributed by atoms with van der Waals surface area (Å²) < 4.78 is 43.9. The van der Waals surface area contributed by atoms with Gasteiger partial charge in [0.1, 0.15) is 31.0 Å². The second-order valence-corrected chi connectivity index (χ2v) is 8.79. The van der Waals surface area contributed by atoms with Gasteiger partial charge >= 0.3 is 10.3 Å². The van der Waals surface area contributed by atoms with E-state index in [0.717, 1.165) is 11.3 Å². The molecule has 3 rings (SSSR count). The number of hydrogen-bond donors (Lipinski definition) is 3. The zero-order valence-corrected chi connectivity index (χ0v) is 17.2. The Morgan fingerprint density at radius 2 is 2.24 bits per heavy atom. The maximum Gasteiger partial charge on any atom is 0.362 e. The second kappa shape index (κ2) is 7.49. The number of anilines is 1. The van der Waals surface area contributed by atoms with E-state index in [4.69, 9.17) is 15.2 Å². The van der Waals surface area contributed by atoms with E-state index in [1.165, 1.54) is 12.5 Å². The minimum atomic E-state index is -4.87. The highest BCUT2D eigenvalue weighted by Crippen LogP contribution is 2.34. The molecule has 15 heteroatoms. The molecule has 29 heavy (non-hydrogen) atoms. The number of nitrogens with one attached hydrogen (secondary N) is 1. The van der Waals surface area contributed by atoms with E-state index in [0.29, 0.717) is 0 Å². The molecule has 3 atom stereocenters. The zero-order valence-electron chi connectivity index (χ0n) is 15.6. The van der Waals surface area contributed by atoms with E-state index in [9.17, 15) is 22.6 Å². The summed E-state index contributed by atoms with van der Waals surface area (Å²) in [4.78, 5) is 33.6. The van der Waals surface area contributed by atoms with Crippen molar-refractivity contribution in [3.63, 3.8) is 0 Å². The van der Waals surface area contributed by atoms with Gasteiger partial charge in [-0.25, -0.2) is 9.29 Å². The normalized spacial score (nSPS) is 26.9. The summed E-state index contributed by atoms with van der Waals surface area (Å²) >= 11 is 1.07. The third-order valence-electron chi connectivity index (χ3n) is 4.20. The van der Waals surface area contributed by atoms with Gasteiger partial charge in [-0.3, -0.25) is 14.1 Å². The fourth-order valence-corrected chi connectivity index (χ4v) is 4.50. The molecule has 0 unspecified atom stereocenters. The van der Waals surface area contributed by atoms with Crippen LogP contribution in [0.25, 0.3) is 0 Å². The topological polar surface area (TPSA) is 183 Å². The number of aromatic nitrogens is 1. The van der Waals surface area contributed by atoms with Crippen molar-refractivity contribution >= 4 is 44.3 Å². The molecule has 4 N–H and O–H groups in total. The number of nitrogens with zero attached hydrogens (tertiary/aromatic N) is 3. The number of oxime groups is 1. The van der Waals surface area contributed by atoms with Crippen molar-refractivity contribution < 1.29 is 36.9 Å². The Morgan fingerprint density at radius 3 is 2.72 bits per heavy atom. The molecule has 1 aromatic heterocycles. The van der Waals surface area contributed by atoms with Crippen LogP contribution in [0.5, 0.6) is 0 Å². The van der Waals surface area contributed by atoms with Gasteiger partial charge in [0, 0.05) is 5.38 Å². The molecular weight excluding hydrogens is 430 g/mol. The Kier molecular flexibility index (Phi) is 5.52. The summed E-state index contributed by atoms with van der Waals surface area (Å²) in [6, 6.07) is -2.53. The predicted octanol–water partition coefficient (Wildman–Crippen LogP) is -1.27. The molecule has 160 valence electrons. The Labute approximate surface area is 169 Å². The Bertz CT molecular complexity index is 959. The van der Waals surface area contributed by atoms with E-state index < -0.39 is 46.1 Å². The second-order valence-electron chi connectivity index (χ2n) is 6.61. The van der Waals surface area contributed by atoms with Crippen LogP contribution >= 0.6 is 11.3 Å². The maximum absolute atomic E-state index is 12.7. The van der Waals surface area contributed by atoms with Gasteiger partial charge in [-0.05, 0) is 13.8 Å². The lowest BCUT2D eigenvalue weighted by Crippen LogP contribution is -2.75. The van der Waals surface area contributed by atoms with Crippen molar-refractivity contribution in [2.24, 2.45) is 5.16 Å². The van der Waals surface area contributed by atoms with Crippen LogP contribution < -0.4 is 11.1 Å². The van der Waals surface area contributed by atoms with Crippen LogP contribution in [0, 0.1) is 0 Å². The van der Waals surface area contributed by atoms with Crippen LogP contribution in [0.2, 0.25) is 0 Å². The molecule has 2 aliphatic rings. The molecule has 2 saturated heterocycles. The average Bonchev–Trinajstić information content (AvgIpc) is 3.18. The molecule has 0 aromatic carbocycles. The highest BCUT2D eigenvalue weighted by atomic mass is 32.2. The number of hydrogen-bond acceptors (Lipinski definition) is 11. The Balaban J connectivity index is 1.85. The zero-order chi connectivity index (χ0) is 21.6. The number of thiazole rings is 1. The van der Waals surface area contributed by atoms with Gasteiger partial charge in [0.05, 0.1) is 6.61 Å². The summed E-state index contributed by atoms with van der Waals surface area (Å²) in [6.07, 6.45) is -0.910. The molecule has 0 bridgehead atoms. The Morgan fingerprint density at radius 1 is 1.55 bits per heavy atom. The molecule has 13 nitrogen and oxygen atoms in total. The van der Waals surface area contributed by atoms with Crippen molar-refractivity contribution in [3.8, 4) is 0 Å². The van der Waals surface area contributed by atoms with Gasteiger partial charge < -0.3 is 25.4 Å². The van der Waals surface area contributed by atoms with Gasteiger partial charge in [0.2, 0.25) is 0 Å². The third-order valence-corrected chi connectivity index (χ3v) is 5.80. The molecule has 2 amide bonds. The van der Waals surface area contributed by atoms with Gasteiger partial charge in [0.25, 0.3) is 11.8 Å². The summed E-state index contributed by atoms with van der Waals surface area (Å²) in [5.74, 6) is -2.91. The number of nitrogen functional groups attached to an aromatic ring is 1. The molecule has 3 heterocycles. The van der Waals surface area contributed by atoms with Gasteiger partial charge in [-0.2, -0.15) is 8.42 Å². The van der Waals surface area contributed by atoms with E-state index >= 15 is 0 Å². The fourth-order valence-electron chi connectivity index (χ4n) is 3.05. The first-order valence-electron chi connectivity index (χ1n) is 8.20. The van der Waals surface area contributed by atoms with Gasteiger partial charge in [0.15, 0.2) is 16.6 Å². The van der Waals surface area contributed by atoms with E-state index in [-0.39, 0.29) is 27.4 Å². The minimum Gasteiger partial charge on any atom is -0.398 e. The highest BCUT2D eigenvalue weighted by Gasteiger charge is 2.60. The van der Waals surface area contributed by atoms with E-state index in [1.807, 2.05) is 0 Å². The first kappa shape index (κ1) is 21.4. The first-order valence-corrected chi connectivity index (χ1v) is 10.5. The van der Waals surface area contributed by atoms with Crippen LogP contribution in [-0.4, -0.2) is 77.5 Å². The molecule has 2 fully saturated rings. The number of rotatable bonds is 6. The summed E-state index contributed by atoms with van der Waals surface area (Å²) in [5.41, 5.74) is 5.42. The van der Waals surface area contributed by atoms with Crippen molar-refractivity contribution in [2.75, 3.05) is 19.5 Å². The molecular formula is C14H19N5O8S2. The van der Waals surface area contributed by atoms with Crippen LogP contribution in [-0.2, 0) is 34.2 Å². The van der Waals surface area contributed by atoms with Crippen LogP contribution in [0.15, 0.2) is 10.5 Å². The molecule has 2 aliphatic heterocycles. The SMILES string of the molecule is CO/N=C(\C(=O)N[C@@H]1C(=O)N(S(=O)(=O)O)[C@@H]1[C@H]1COC(C)(C)O1)c1csc(N)n1. The first-order chi connectivity index (χ1) is 13.4. The van der Waals surface area contributed by atoms with Gasteiger partial charge in [-0.15, -0.1) is 11.3 Å². The third kappa shape index (κ3) is 4.18. The minimum absolute atomic E-state index is 0.0506. The molecule has 0 aliphatic carbocycles. The quantitative estimate of drug-likeness (QED) is 0.205. The van der Waals surface area contributed by atoms with E-state index in [2.05, 4.69) is 20.3 Å². The number of carbonyl (C=O) groups excluding carboxylic acids is 2. The number of ether oxygens (including phenoxy) is 2. The number of nitrogens with two attached hydrogens (primary N) is 1. The fraction of sp³-hybridized carbons (Fsp3) is 0.571. The van der Waals surface area contributed by atoms with Crippen LogP contribution in [0.3, 0.4) is 0 Å². The van der Waals surface area contributed by atoms with Gasteiger partial charge in [-0.1, -0.05) is 5.16 Å². The molecule has 0 radical (unpaired) electrons. The van der Waals surface area contributed by atoms with Crippen molar-refractivity contribution in [2.45, 2.75) is 37.8 Å². The average molecular weight is 449 g/mol. The van der Waals surface area contributed by atoms with Crippen molar-refractivity contribution in [1.29, 1.82) is 0 Å².